The molecule has 0 saturated carbocycles. The molecular weight excluding hydrogens is 510 g/mol. The van der Waals surface area contributed by atoms with E-state index in [1.807, 2.05) is 24.4 Å². The monoisotopic (exact) mass is 551 g/mol. The van der Waals surface area contributed by atoms with Crippen LogP contribution in [0.15, 0.2) is 48.1 Å². The fourth-order valence-electron chi connectivity index (χ4n) is 5.62. The quantitative estimate of drug-likeness (QED) is 0.179. The summed E-state index contributed by atoms with van der Waals surface area (Å²) in [6.07, 6.45) is 10.1. The summed E-state index contributed by atoms with van der Waals surface area (Å²) in [5.74, 6) is 0.453. The number of nitrogens with two attached hydrogens (primary N) is 3. The van der Waals surface area contributed by atoms with Crippen molar-refractivity contribution in [1.82, 2.24) is 24.9 Å². The predicted octanol–water partition coefficient (Wildman–Crippen LogP) is 0.612. The zero-order valence-electron chi connectivity index (χ0n) is 23.2. The van der Waals surface area contributed by atoms with E-state index in [1.165, 1.54) is 6.08 Å². The summed E-state index contributed by atoms with van der Waals surface area (Å²) in [5.41, 5.74) is 18.7. The molecule has 0 atom stereocenters. The first-order valence-electron chi connectivity index (χ1n) is 13.9. The Morgan fingerprint density at radius 2 is 1.80 bits per heavy atom. The van der Waals surface area contributed by atoms with Crippen LogP contribution in [0.2, 0.25) is 0 Å². The van der Waals surface area contributed by atoms with Gasteiger partial charge in [-0.3, -0.25) is 19.1 Å². The second-order valence-corrected chi connectivity index (χ2v) is 10.6. The fraction of sp³-hybridized carbons (Fsp3) is 0.500. The molecule has 2 fully saturated rings. The highest BCUT2D eigenvalue weighted by Crippen LogP contribution is 2.32. The average Bonchev–Trinajstić information content (AvgIpc) is 3.41. The van der Waals surface area contributed by atoms with Crippen molar-refractivity contribution in [2.24, 2.45) is 23.1 Å². The largest absolute Gasteiger partial charge is 0.394 e. The second kappa shape index (κ2) is 13.3. The van der Waals surface area contributed by atoms with Gasteiger partial charge in [-0.25, -0.2) is 0 Å². The van der Waals surface area contributed by atoms with Crippen LogP contribution in [0.5, 0.6) is 0 Å². The van der Waals surface area contributed by atoms with E-state index in [-0.39, 0.29) is 18.0 Å². The lowest BCUT2D eigenvalue weighted by Gasteiger charge is -2.38. The summed E-state index contributed by atoms with van der Waals surface area (Å²) in [6, 6.07) is 6.19. The number of allylic oxidation sites excluding steroid dienone is 2. The summed E-state index contributed by atoms with van der Waals surface area (Å²) in [6.45, 7) is 5.15. The standard InChI is InChI=1S/C28H41N9O3/c1-32-27(39)11-16-36(19-38)24-3-2-4-25-22(24)17-33-37(25)21-9-12-34(13-10-21)18-20-7-14-35(15-8-20)26(30)6-5-23(29)28(31)40/h2-6,17,19-21H,7-16,18,29-30H2,1H3,(H2,31,40)(H,32,39)/b23-5-,26-6+. The molecule has 7 N–H and O–H groups in total. The zero-order valence-corrected chi connectivity index (χ0v) is 23.2. The molecule has 12 heteroatoms. The first kappa shape index (κ1) is 28.9. The summed E-state index contributed by atoms with van der Waals surface area (Å²) < 4.78 is 2.10. The Morgan fingerprint density at radius 3 is 2.45 bits per heavy atom. The van der Waals surface area contributed by atoms with Crippen LogP contribution in [0, 0.1) is 5.92 Å². The Morgan fingerprint density at radius 1 is 1.07 bits per heavy atom. The van der Waals surface area contributed by atoms with Gasteiger partial charge in [0.2, 0.25) is 12.3 Å². The smallest absolute Gasteiger partial charge is 0.264 e. The van der Waals surface area contributed by atoms with Gasteiger partial charge < -0.3 is 37.2 Å². The summed E-state index contributed by atoms with van der Waals surface area (Å²) in [5, 5.41) is 8.24. The number of hydrogen-bond donors (Lipinski definition) is 4. The molecule has 3 heterocycles. The van der Waals surface area contributed by atoms with Crippen molar-refractivity contribution < 1.29 is 14.4 Å². The molecule has 0 bridgehead atoms. The number of fused-ring (bicyclic) bond motifs is 1. The number of primary amides is 1. The normalized spacial score (nSPS) is 18.2. The van der Waals surface area contributed by atoms with Gasteiger partial charge in [-0.15, -0.1) is 0 Å². The molecular formula is C28H41N9O3. The Bertz CT molecular complexity index is 1250. The lowest BCUT2D eigenvalue weighted by Crippen LogP contribution is -2.42. The highest BCUT2D eigenvalue weighted by molar-refractivity contribution is 5.97. The number of likely N-dealkylation sites (tertiary alicyclic amines) is 2. The third-order valence-electron chi connectivity index (χ3n) is 8.03. The van der Waals surface area contributed by atoms with Gasteiger partial charge in [-0.1, -0.05) is 6.07 Å². The van der Waals surface area contributed by atoms with E-state index in [0.717, 1.165) is 81.4 Å². The van der Waals surface area contributed by atoms with Crippen molar-refractivity contribution in [2.45, 2.75) is 38.1 Å². The molecule has 40 heavy (non-hydrogen) atoms. The molecule has 2 aromatic rings. The highest BCUT2D eigenvalue weighted by atomic mass is 16.2. The summed E-state index contributed by atoms with van der Waals surface area (Å²) in [4.78, 5) is 40.8. The number of aromatic nitrogens is 2. The Labute approximate surface area is 234 Å². The Balaban J connectivity index is 1.30. The molecule has 0 radical (unpaired) electrons. The number of anilines is 1. The van der Waals surface area contributed by atoms with Gasteiger partial charge in [-0.2, -0.15) is 5.10 Å². The van der Waals surface area contributed by atoms with Crippen LogP contribution in [0.4, 0.5) is 5.69 Å². The lowest BCUT2D eigenvalue weighted by atomic mass is 9.94. The molecule has 12 nitrogen and oxygen atoms in total. The molecule has 2 aliphatic rings. The molecule has 2 saturated heterocycles. The predicted molar refractivity (Wildman–Crippen MR) is 155 cm³/mol. The fourth-order valence-corrected chi connectivity index (χ4v) is 5.62. The molecule has 1 aromatic carbocycles. The summed E-state index contributed by atoms with van der Waals surface area (Å²) >= 11 is 0. The number of benzene rings is 1. The van der Waals surface area contributed by atoms with E-state index >= 15 is 0 Å². The minimum absolute atomic E-state index is 0.00871. The van der Waals surface area contributed by atoms with Gasteiger partial charge >= 0.3 is 0 Å². The molecule has 4 rings (SSSR count). The maximum Gasteiger partial charge on any atom is 0.264 e. The van der Waals surface area contributed by atoms with E-state index in [1.54, 1.807) is 18.0 Å². The van der Waals surface area contributed by atoms with Crippen molar-refractivity contribution >= 4 is 34.8 Å². The van der Waals surface area contributed by atoms with Gasteiger partial charge in [0, 0.05) is 58.1 Å². The van der Waals surface area contributed by atoms with E-state index in [2.05, 4.69) is 19.8 Å². The van der Waals surface area contributed by atoms with Crippen LogP contribution in [0.25, 0.3) is 10.9 Å². The maximum atomic E-state index is 11.8. The van der Waals surface area contributed by atoms with Crippen molar-refractivity contribution in [1.29, 1.82) is 0 Å². The molecule has 1 aromatic heterocycles. The first-order chi connectivity index (χ1) is 19.3. The van der Waals surface area contributed by atoms with E-state index in [0.29, 0.717) is 24.3 Å². The molecule has 3 amide bonds. The number of nitrogens with zero attached hydrogens (tertiary/aromatic N) is 5. The molecule has 0 spiro atoms. The van der Waals surface area contributed by atoms with Gasteiger partial charge in [-0.05, 0) is 55.9 Å². The van der Waals surface area contributed by atoms with E-state index < -0.39 is 5.91 Å². The number of amides is 3. The van der Waals surface area contributed by atoms with Crippen LogP contribution in [-0.4, -0.2) is 84.1 Å². The van der Waals surface area contributed by atoms with E-state index in [9.17, 15) is 14.4 Å². The van der Waals surface area contributed by atoms with E-state index in [4.69, 9.17) is 22.3 Å². The van der Waals surface area contributed by atoms with Gasteiger partial charge in [0.05, 0.1) is 35.0 Å². The molecule has 2 aliphatic heterocycles. The number of piperidine rings is 2. The second-order valence-electron chi connectivity index (χ2n) is 10.6. The lowest BCUT2D eigenvalue weighted by molar-refractivity contribution is -0.120. The molecule has 0 aliphatic carbocycles. The number of rotatable bonds is 11. The molecule has 216 valence electrons. The Kier molecular flexibility index (Phi) is 9.65. The average molecular weight is 552 g/mol. The van der Waals surface area contributed by atoms with Crippen LogP contribution in [-0.2, 0) is 14.4 Å². The van der Waals surface area contributed by atoms with Crippen molar-refractivity contribution in [2.75, 3.05) is 51.2 Å². The third kappa shape index (κ3) is 6.92. The van der Waals surface area contributed by atoms with Crippen LogP contribution in [0.3, 0.4) is 0 Å². The van der Waals surface area contributed by atoms with Gasteiger partial charge in [0.25, 0.3) is 5.91 Å². The number of carbonyl (C=O) groups is 3. The third-order valence-corrected chi connectivity index (χ3v) is 8.03. The van der Waals surface area contributed by atoms with Gasteiger partial charge in [0.1, 0.15) is 0 Å². The van der Waals surface area contributed by atoms with Crippen LogP contribution in [0.1, 0.15) is 38.1 Å². The van der Waals surface area contributed by atoms with Crippen molar-refractivity contribution in [3.05, 3.63) is 48.1 Å². The van der Waals surface area contributed by atoms with Crippen LogP contribution >= 0.6 is 0 Å². The SMILES string of the molecule is CNC(=O)CCN(C=O)c1cccc2c1cnn2C1CCN(CC2CCN(/C(N)=C/C=C(\N)C(N)=O)CC2)CC1. The zero-order chi connectivity index (χ0) is 28.6. The van der Waals surface area contributed by atoms with Crippen molar-refractivity contribution in [3.63, 3.8) is 0 Å². The number of carbonyl (C=O) groups excluding carboxylic acids is 3. The number of hydrogen-bond acceptors (Lipinski definition) is 8. The first-order valence-corrected chi connectivity index (χ1v) is 13.9. The van der Waals surface area contributed by atoms with Crippen LogP contribution < -0.4 is 27.4 Å². The molecule has 0 unspecified atom stereocenters. The number of nitrogens with one attached hydrogen (secondary N) is 1. The Hall–Kier alpha value is -4.06. The van der Waals surface area contributed by atoms with Gasteiger partial charge in [0.15, 0.2) is 0 Å². The minimum atomic E-state index is -0.656. The maximum absolute atomic E-state index is 11.8. The minimum Gasteiger partial charge on any atom is -0.394 e. The highest BCUT2D eigenvalue weighted by Gasteiger charge is 2.27. The summed E-state index contributed by atoms with van der Waals surface area (Å²) in [7, 11) is 1.59. The van der Waals surface area contributed by atoms with Crippen molar-refractivity contribution in [3.8, 4) is 0 Å². The topological polar surface area (TPSA) is 169 Å².